The number of benzene rings is 1. The summed E-state index contributed by atoms with van der Waals surface area (Å²) in [6, 6.07) is 11.3. The third-order valence-electron chi connectivity index (χ3n) is 3.01. The first-order valence-corrected chi connectivity index (χ1v) is 7.21. The Bertz CT molecular complexity index is 827. The average Bonchev–Trinajstić information content (AvgIpc) is 2.42. The van der Waals surface area contributed by atoms with E-state index in [1.807, 2.05) is 24.3 Å². The van der Waals surface area contributed by atoms with Gasteiger partial charge >= 0.3 is 0 Å². The van der Waals surface area contributed by atoms with Crippen LogP contribution in [0, 0.1) is 0 Å². The Hall–Kier alpha value is -1.65. The third kappa shape index (κ3) is 2.76. The Morgan fingerprint density at radius 1 is 1.10 bits per heavy atom. The highest BCUT2D eigenvalue weighted by atomic mass is 79.9. The van der Waals surface area contributed by atoms with Crippen molar-refractivity contribution in [3.8, 4) is 0 Å². The van der Waals surface area contributed by atoms with Crippen molar-refractivity contribution >= 4 is 33.2 Å². The van der Waals surface area contributed by atoms with E-state index in [4.69, 9.17) is 11.6 Å². The highest BCUT2D eigenvalue weighted by Gasteiger charge is 2.05. The molecule has 0 spiro atoms. The van der Waals surface area contributed by atoms with Crippen molar-refractivity contribution in [2.45, 2.75) is 6.42 Å². The van der Waals surface area contributed by atoms with Crippen LogP contribution in [0.5, 0.6) is 0 Å². The van der Waals surface area contributed by atoms with Crippen LogP contribution in [-0.2, 0) is 6.42 Å². The monoisotopic (exact) mass is 348 g/mol. The number of aromatic nitrogens is 2. The summed E-state index contributed by atoms with van der Waals surface area (Å²) < 4.78 is 2.79. The predicted octanol–water partition coefficient (Wildman–Crippen LogP) is 3.70. The topological polar surface area (TPSA) is 34.4 Å². The van der Waals surface area contributed by atoms with Crippen LogP contribution in [0.2, 0.25) is 5.02 Å². The maximum atomic E-state index is 12.0. The Labute approximate surface area is 129 Å². The fourth-order valence-electron chi connectivity index (χ4n) is 2.02. The van der Waals surface area contributed by atoms with Crippen molar-refractivity contribution in [1.82, 2.24) is 9.38 Å². The van der Waals surface area contributed by atoms with Crippen molar-refractivity contribution in [2.24, 2.45) is 0 Å². The van der Waals surface area contributed by atoms with Gasteiger partial charge in [0.05, 0.1) is 5.02 Å². The van der Waals surface area contributed by atoms with E-state index in [2.05, 4.69) is 20.9 Å². The van der Waals surface area contributed by atoms with Crippen LogP contribution in [0.25, 0.3) is 5.65 Å². The van der Waals surface area contributed by atoms with Gasteiger partial charge in [0.1, 0.15) is 5.65 Å². The van der Waals surface area contributed by atoms with E-state index in [0.717, 1.165) is 10.0 Å². The molecule has 0 atom stereocenters. The first-order valence-electron chi connectivity index (χ1n) is 6.04. The second-order valence-corrected chi connectivity index (χ2v) is 5.84. The third-order valence-corrected chi connectivity index (χ3v) is 3.76. The van der Waals surface area contributed by atoms with E-state index >= 15 is 0 Å². The number of hydrogen-bond donors (Lipinski definition) is 0. The van der Waals surface area contributed by atoms with Crippen molar-refractivity contribution in [1.29, 1.82) is 0 Å². The number of pyridine rings is 1. The van der Waals surface area contributed by atoms with Gasteiger partial charge < -0.3 is 4.40 Å². The van der Waals surface area contributed by atoms with Crippen molar-refractivity contribution in [3.05, 3.63) is 79.8 Å². The van der Waals surface area contributed by atoms with Crippen LogP contribution in [0.3, 0.4) is 0 Å². The lowest BCUT2D eigenvalue weighted by molar-refractivity contribution is 1.00. The van der Waals surface area contributed by atoms with Gasteiger partial charge in [0.2, 0.25) is 0 Å². The molecule has 0 saturated heterocycles. The van der Waals surface area contributed by atoms with Crippen molar-refractivity contribution in [2.75, 3.05) is 0 Å². The molecule has 3 nitrogen and oxygen atoms in total. The molecule has 0 aliphatic carbocycles. The second kappa shape index (κ2) is 5.38. The number of hydrogen-bond acceptors (Lipinski definition) is 2. The van der Waals surface area contributed by atoms with Gasteiger partial charge in [0.15, 0.2) is 0 Å². The molecule has 0 N–H and O–H groups in total. The van der Waals surface area contributed by atoms with E-state index in [0.29, 0.717) is 22.7 Å². The summed E-state index contributed by atoms with van der Waals surface area (Å²) in [7, 11) is 0. The Morgan fingerprint density at radius 3 is 2.60 bits per heavy atom. The Balaban J connectivity index is 2.04. The van der Waals surface area contributed by atoms with E-state index in [1.54, 1.807) is 28.9 Å². The molecule has 5 heteroatoms. The summed E-state index contributed by atoms with van der Waals surface area (Å²) >= 11 is 9.35. The molecule has 3 aromatic rings. The highest BCUT2D eigenvalue weighted by molar-refractivity contribution is 9.10. The van der Waals surface area contributed by atoms with Gasteiger partial charge in [-0.2, -0.15) is 4.98 Å². The first kappa shape index (κ1) is 13.3. The summed E-state index contributed by atoms with van der Waals surface area (Å²) in [5.74, 6) is 0. The van der Waals surface area contributed by atoms with E-state index in [9.17, 15) is 4.79 Å². The van der Waals surface area contributed by atoms with Crippen LogP contribution >= 0.6 is 27.5 Å². The summed E-state index contributed by atoms with van der Waals surface area (Å²) in [4.78, 5) is 16.1. The predicted molar refractivity (Wildman–Crippen MR) is 83.4 cm³/mol. The Kier molecular flexibility index (Phi) is 3.59. The standard InChI is InChI=1S/C15H10BrClN2O/c16-12-3-1-10(2-4-12)7-11-8-19-9-13(17)5-6-14(19)18-15(11)20/h1-6,8-9H,7H2. The summed E-state index contributed by atoms with van der Waals surface area (Å²) in [6.45, 7) is 0. The van der Waals surface area contributed by atoms with Crippen LogP contribution in [-0.4, -0.2) is 9.38 Å². The van der Waals surface area contributed by atoms with Gasteiger partial charge in [-0.1, -0.05) is 39.7 Å². The maximum Gasteiger partial charge on any atom is 0.276 e. The van der Waals surface area contributed by atoms with Gasteiger partial charge in [-0.25, -0.2) is 0 Å². The smallest absolute Gasteiger partial charge is 0.276 e. The minimum atomic E-state index is -0.199. The summed E-state index contributed by atoms with van der Waals surface area (Å²) in [6.07, 6.45) is 4.08. The van der Waals surface area contributed by atoms with Gasteiger partial charge in [-0.3, -0.25) is 4.79 Å². The quantitative estimate of drug-likeness (QED) is 0.707. The van der Waals surface area contributed by atoms with Gasteiger partial charge in [0, 0.05) is 28.9 Å². The largest absolute Gasteiger partial charge is 0.307 e. The fraction of sp³-hybridized carbons (Fsp3) is 0.0667. The van der Waals surface area contributed by atoms with Crippen molar-refractivity contribution in [3.63, 3.8) is 0 Å². The zero-order valence-corrected chi connectivity index (χ0v) is 12.7. The molecule has 1 aromatic carbocycles. The maximum absolute atomic E-state index is 12.0. The lowest BCUT2D eigenvalue weighted by Gasteiger charge is -2.05. The van der Waals surface area contributed by atoms with Crippen LogP contribution in [0.1, 0.15) is 11.1 Å². The fourth-order valence-corrected chi connectivity index (χ4v) is 2.46. The zero-order chi connectivity index (χ0) is 14.1. The molecule has 0 aliphatic rings. The number of fused-ring (bicyclic) bond motifs is 1. The van der Waals surface area contributed by atoms with E-state index in [1.165, 1.54) is 0 Å². The molecular weight excluding hydrogens is 340 g/mol. The molecule has 2 heterocycles. The number of halogens is 2. The van der Waals surface area contributed by atoms with Crippen molar-refractivity contribution < 1.29 is 0 Å². The molecule has 2 aromatic heterocycles. The molecular formula is C15H10BrClN2O. The van der Waals surface area contributed by atoms with E-state index in [-0.39, 0.29) is 5.56 Å². The molecule has 0 amide bonds. The molecule has 0 bridgehead atoms. The average molecular weight is 350 g/mol. The molecule has 20 heavy (non-hydrogen) atoms. The first-order chi connectivity index (χ1) is 9.61. The minimum absolute atomic E-state index is 0.199. The normalized spacial score (nSPS) is 10.9. The SMILES string of the molecule is O=c1nc2ccc(Cl)cn2cc1Cc1ccc(Br)cc1. The lowest BCUT2D eigenvalue weighted by Crippen LogP contribution is -2.15. The highest BCUT2D eigenvalue weighted by Crippen LogP contribution is 2.14. The lowest BCUT2D eigenvalue weighted by atomic mass is 10.1. The summed E-state index contributed by atoms with van der Waals surface area (Å²) in [5, 5.41) is 0.609. The molecule has 0 aliphatic heterocycles. The zero-order valence-electron chi connectivity index (χ0n) is 10.4. The molecule has 100 valence electrons. The van der Waals surface area contributed by atoms with Gasteiger partial charge in [-0.15, -0.1) is 0 Å². The van der Waals surface area contributed by atoms with Crippen LogP contribution in [0.15, 0.2) is 58.1 Å². The van der Waals surface area contributed by atoms with Crippen LogP contribution in [0.4, 0.5) is 0 Å². The van der Waals surface area contributed by atoms with Crippen LogP contribution < -0.4 is 5.56 Å². The molecule has 3 rings (SSSR count). The van der Waals surface area contributed by atoms with E-state index < -0.39 is 0 Å². The number of rotatable bonds is 2. The summed E-state index contributed by atoms with van der Waals surface area (Å²) in [5.41, 5.74) is 2.11. The number of nitrogens with zero attached hydrogens (tertiary/aromatic N) is 2. The molecule has 0 fully saturated rings. The van der Waals surface area contributed by atoms with Gasteiger partial charge in [-0.05, 0) is 29.8 Å². The molecule has 0 saturated carbocycles. The molecule has 0 unspecified atom stereocenters. The minimum Gasteiger partial charge on any atom is -0.307 e. The Morgan fingerprint density at radius 2 is 1.85 bits per heavy atom. The van der Waals surface area contributed by atoms with Gasteiger partial charge in [0.25, 0.3) is 5.56 Å². The molecule has 0 radical (unpaired) electrons. The second-order valence-electron chi connectivity index (χ2n) is 4.49.